The van der Waals surface area contributed by atoms with Gasteiger partial charge >= 0.3 is 0 Å². The summed E-state index contributed by atoms with van der Waals surface area (Å²) in [6.45, 7) is 0.158. The molecule has 0 unspecified atom stereocenters. The molecule has 0 aromatic heterocycles. The van der Waals surface area contributed by atoms with Crippen molar-refractivity contribution >= 4 is 27.5 Å². The summed E-state index contributed by atoms with van der Waals surface area (Å²) in [5.41, 5.74) is 2.63. The van der Waals surface area contributed by atoms with E-state index in [0.717, 1.165) is 18.4 Å². The number of carbonyl (C=O) groups excluding carboxylic acids is 2. The zero-order valence-electron chi connectivity index (χ0n) is 18.8. The normalized spacial score (nSPS) is 18.4. The first-order valence-electron chi connectivity index (χ1n) is 11.4. The molecule has 1 aliphatic heterocycles. The maximum atomic E-state index is 13.5. The average Bonchev–Trinajstić information content (AvgIpc) is 2.82. The quantitative estimate of drug-likeness (QED) is 0.457. The predicted molar refractivity (Wildman–Crippen MR) is 127 cm³/mol. The third kappa shape index (κ3) is 4.17. The van der Waals surface area contributed by atoms with Gasteiger partial charge in [-0.25, -0.2) is 4.39 Å². The Kier molecular flexibility index (Phi) is 6.30. The van der Waals surface area contributed by atoms with Crippen molar-refractivity contribution in [2.24, 2.45) is 0 Å². The van der Waals surface area contributed by atoms with E-state index in [1.54, 1.807) is 12.1 Å². The summed E-state index contributed by atoms with van der Waals surface area (Å²) in [4.78, 5) is 26.0. The SMILES string of the molecule is COc1cc(C2C3=C(CCCC3=O)OC3=C2C(=O)CCC3)cc(Br)c1OCc1cccc(F)c1. The van der Waals surface area contributed by atoms with Crippen LogP contribution in [0.2, 0.25) is 0 Å². The highest BCUT2D eigenvalue weighted by Crippen LogP contribution is 2.50. The maximum absolute atomic E-state index is 13.5. The number of rotatable bonds is 5. The lowest BCUT2D eigenvalue weighted by atomic mass is 9.73. The van der Waals surface area contributed by atoms with Crippen LogP contribution in [-0.4, -0.2) is 18.7 Å². The highest BCUT2D eigenvalue weighted by molar-refractivity contribution is 9.10. The Labute approximate surface area is 205 Å². The van der Waals surface area contributed by atoms with Crippen molar-refractivity contribution in [3.63, 3.8) is 0 Å². The van der Waals surface area contributed by atoms with E-state index in [1.165, 1.54) is 19.2 Å². The first-order chi connectivity index (χ1) is 16.5. The molecule has 5 rings (SSSR count). The summed E-state index contributed by atoms with van der Waals surface area (Å²) < 4.78 is 31.9. The van der Waals surface area contributed by atoms with Crippen molar-refractivity contribution in [1.82, 2.24) is 0 Å². The lowest BCUT2D eigenvalue weighted by molar-refractivity contribution is -0.117. The molecule has 2 aromatic rings. The van der Waals surface area contributed by atoms with Gasteiger partial charge in [0.1, 0.15) is 23.9 Å². The Balaban J connectivity index is 1.56. The highest BCUT2D eigenvalue weighted by atomic mass is 79.9. The highest BCUT2D eigenvalue weighted by Gasteiger charge is 2.42. The zero-order valence-corrected chi connectivity index (χ0v) is 20.4. The number of allylic oxidation sites excluding steroid dienone is 4. The van der Waals surface area contributed by atoms with E-state index in [4.69, 9.17) is 14.2 Å². The molecule has 0 spiro atoms. The van der Waals surface area contributed by atoms with Crippen molar-refractivity contribution < 1.29 is 28.2 Å². The fourth-order valence-electron chi connectivity index (χ4n) is 4.98. The van der Waals surface area contributed by atoms with Crippen LogP contribution in [0.15, 0.2) is 63.5 Å². The summed E-state index contributed by atoms with van der Waals surface area (Å²) in [7, 11) is 1.54. The molecule has 0 fully saturated rings. The van der Waals surface area contributed by atoms with Gasteiger partial charge in [0.25, 0.3) is 0 Å². The molecule has 2 aromatic carbocycles. The second-order valence-corrected chi connectivity index (χ2v) is 9.57. The van der Waals surface area contributed by atoms with Gasteiger partial charge < -0.3 is 14.2 Å². The number of ether oxygens (including phenoxy) is 3. The van der Waals surface area contributed by atoms with Gasteiger partial charge in [0.05, 0.1) is 11.6 Å². The minimum atomic E-state index is -0.484. The van der Waals surface area contributed by atoms with Gasteiger partial charge in [-0.15, -0.1) is 0 Å². The molecule has 0 atom stereocenters. The van der Waals surface area contributed by atoms with Crippen LogP contribution in [0, 0.1) is 5.82 Å². The summed E-state index contributed by atoms with van der Waals surface area (Å²) in [6.07, 6.45) is 3.78. The third-order valence-corrected chi connectivity index (χ3v) is 7.09. The van der Waals surface area contributed by atoms with E-state index in [9.17, 15) is 14.0 Å². The molecule has 7 heteroatoms. The Morgan fingerprint density at radius 2 is 1.68 bits per heavy atom. The number of carbonyl (C=O) groups is 2. The molecule has 5 nitrogen and oxygen atoms in total. The second-order valence-electron chi connectivity index (χ2n) is 8.71. The van der Waals surface area contributed by atoms with Crippen molar-refractivity contribution in [2.75, 3.05) is 7.11 Å². The molecule has 0 amide bonds. The van der Waals surface area contributed by atoms with E-state index < -0.39 is 5.92 Å². The van der Waals surface area contributed by atoms with Crippen molar-refractivity contribution in [2.45, 2.75) is 51.0 Å². The number of hydrogen-bond donors (Lipinski definition) is 0. The summed E-state index contributed by atoms with van der Waals surface area (Å²) in [5, 5.41) is 0. The van der Waals surface area contributed by atoms with Gasteiger partial charge in [-0.1, -0.05) is 12.1 Å². The molecule has 34 heavy (non-hydrogen) atoms. The molecule has 2 aliphatic carbocycles. The minimum Gasteiger partial charge on any atom is -0.493 e. The van der Waals surface area contributed by atoms with Gasteiger partial charge in [0.15, 0.2) is 23.1 Å². The summed E-state index contributed by atoms with van der Waals surface area (Å²) >= 11 is 3.59. The molecular weight excluding hydrogens is 503 g/mol. The fourth-order valence-corrected chi connectivity index (χ4v) is 5.55. The van der Waals surface area contributed by atoms with Gasteiger partial charge in [-0.05, 0) is 64.2 Å². The molecule has 3 aliphatic rings. The van der Waals surface area contributed by atoms with E-state index >= 15 is 0 Å². The molecular formula is C27H24BrFO5. The van der Waals surface area contributed by atoms with Gasteiger partial charge in [0, 0.05) is 42.7 Å². The van der Waals surface area contributed by atoms with Gasteiger partial charge in [-0.2, -0.15) is 0 Å². The first kappa shape index (κ1) is 22.8. The lowest BCUT2D eigenvalue weighted by Gasteiger charge is -2.36. The van der Waals surface area contributed by atoms with E-state index in [1.807, 2.05) is 12.1 Å². The largest absolute Gasteiger partial charge is 0.493 e. The van der Waals surface area contributed by atoms with Crippen LogP contribution in [0.5, 0.6) is 11.5 Å². The number of hydrogen-bond acceptors (Lipinski definition) is 5. The van der Waals surface area contributed by atoms with Gasteiger partial charge in [-0.3, -0.25) is 9.59 Å². The van der Waals surface area contributed by atoms with Crippen LogP contribution < -0.4 is 9.47 Å². The number of Topliss-reactive ketones (excluding diaryl/α,β-unsaturated/α-hetero) is 2. The van der Waals surface area contributed by atoms with E-state index in [0.29, 0.717) is 69.9 Å². The van der Waals surface area contributed by atoms with Crippen LogP contribution in [0.3, 0.4) is 0 Å². The van der Waals surface area contributed by atoms with Crippen LogP contribution >= 0.6 is 15.9 Å². The molecule has 0 saturated heterocycles. The third-order valence-electron chi connectivity index (χ3n) is 6.50. The molecule has 0 bridgehead atoms. The number of benzene rings is 2. The van der Waals surface area contributed by atoms with Crippen molar-refractivity contribution in [1.29, 1.82) is 0 Å². The molecule has 1 heterocycles. The molecule has 0 N–H and O–H groups in total. The lowest BCUT2D eigenvalue weighted by Crippen LogP contribution is -2.30. The smallest absolute Gasteiger partial charge is 0.175 e. The minimum absolute atomic E-state index is 0.0256. The average molecular weight is 527 g/mol. The first-order valence-corrected chi connectivity index (χ1v) is 12.2. The van der Waals surface area contributed by atoms with Gasteiger partial charge in [0.2, 0.25) is 0 Å². The second kappa shape index (κ2) is 9.37. The zero-order chi connectivity index (χ0) is 23.8. The van der Waals surface area contributed by atoms with E-state index in [-0.39, 0.29) is 24.0 Å². The van der Waals surface area contributed by atoms with Crippen molar-refractivity contribution in [3.8, 4) is 11.5 Å². The maximum Gasteiger partial charge on any atom is 0.175 e. The van der Waals surface area contributed by atoms with Crippen LogP contribution in [0.1, 0.15) is 55.6 Å². The summed E-state index contributed by atoms with van der Waals surface area (Å²) in [6, 6.07) is 9.91. The monoisotopic (exact) mass is 526 g/mol. The fraction of sp³-hybridized carbons (Fsp3) is 0.333. The molecule has 176 valence electrons. The molecule has 0 saturated carbocycles. The van der Waals surface area contributed by atoms with Crippen LogP contribution in [0.4, 0.5) is 4.39 Å². The Morgan fingerprint density at radius 3 is 2.29 bits per heavy atom. The topological polar surface area (TPSA) is 61.8 Å². The van der Waals surface area contributed by atoms with Crippen molar-refractivity contribution in [3.05, 3.63) is 80.5 Å². The summed E-state index contributed by atoms with van der Waals surface area (Å²) in [5.74, 6) is 1.55. The number of halogens is 2. The Hall–Kier alpha value is -2.93. The number of methoxy groups -OCH3 is 1. The standard InChI is InChI=1S/C27H24BrFO5/c1-32-23-13-16(12-18(28)27(23)33-14-15-5-2-6-17(29)11-15)24-25-19(30)7-3-9-21(25)34-22-10-4-8-20(31)26(22)24/h2,5-6,11-13,24H,3-4,7-10,14H2,1H3. The van der Waals surface area contributed by atoms with E-state index in [2.05, 4.69) is 15.9 Å². The van der Waals surface area contributed by atoms with Crippen LogP contribution in [-0.2, 0) is 20.9 Å². The Bertz CT molecular complexity index is 1200. The number of ketones is 2. The predicted octanol–water partition coefficient (Wildman–Crippen LogP) is 6.30. The Morgan fingerprint density at radius 1 is 1.00 bits per heavy atom. The van der Waals surface area contributed by atoms with Crippen LogP contribution in [0.25, 0.3) is 0 Å². The molecule has 0 radical (unpaired) electrons.